The summed E-state index contributed by atoms with van der Waals surface area (Å²) in [6, 6.07) is 20.6. The molecule has 0 N–H and O–H groups in total. The van der Waals surface area contributed by atoms with Crippen LogP contribution in [-0.2, 0) is 11.3 Å². The van der Waals surface area contributed by atoms with Crippen LogP contribution in [0.3, 0.4) is 0 Å². The van der Waals surface area contributed by atoms with Gasteiger partial charge in [0.25, 0.3) is 11.5 Å². The van der Waals surface area contributed by atoms with Gasteiger partial charge in [0, 0.05) is 11.1 Å². The van der Waals surface area contributed by atoms with Crippen LogP contribution in [0.2, 0.25) is 0 Å². The molecule has 0 saturated carbocycles. The Balaban J connectivity index is 1.40. The molecule has 0 radical (unpaired) electrons. The number of benzene rings is 3. The van der Waals surface area contributed by atoms with E-state index in [2.05, 4.69) is 16.7 Å². The number of amides is 1. The van der Waals surface area contributed by atoms with E-state index < -0.39 is 5.56 Å². The summed E-state index contributed by atoms with van der Waals surface area (Å²) in [4.78, 5) is 33.5. The van der Waals surface area contributed by atoms with Crippen LogP contribution in [0.25, 0.3) is 21.9 Å². The summed E-state index contributed by atoms with van der Waals surface area (Å²) in [5, 5.41) is 4.42. The lowest BCUT2D eigenvalue weighted by atomic mass is 10.1. The Morgan fingerprint density at radius 1 is 1.00 bits per heavy atom. The summed E-state index contributed by atoms with van der Waals surface area (Å²) in [6.07, 6.45) is 1.67. The van der Waals surface area contributed by atoms with Gasteiger partial charge in [-0.15, -0.1) is 5.10 Å². The molecular weight excluding hydrogens is 491 g/mol. The van der Waals surface area contributed by atoms with E-state index in [4.69, 9.17) is 4.74 Å². The summed E-state index contributed by atoms with van der Waals surface area (Å²) in [5.74, 6) is 0.469. The van der Waals surface area contributed by atoms with E-state index in [-0.39, 0.29) is 22.8 Å². The number of rotatable bonds is 6. The van der Waals surface area contributed by atoms with Crippen LogP contribution in [0, 0.1) is 5.82 Å². The van der Waals surface area contributed by atoms with Crippen molar-refractivity contribution in [3.05, 3.63) is 117 Å². The maximum absolute atomic E-state index is 13.6. The third kappa shape index (κ3) is 3.99. The van der Waals surface area contributed by atoms with Crippen LogP contribution in [0.15, 0.2) is 90.2 Å². The van der Waals surface area contributed by atoms with Gasteiger partial charge < -0.3 is 9.64 Å². The SMILES string of the molecule is C=CCOc1ccc(-c2nc3s/c(=C4\C(=O)N(Cc5ccc(F)cc5)c5ccccc54)c(=O)n3n2)cc1. The van der Waals surface area contributed by atoms with Crippen LogP contribution in [0.4, 0.5) is 10.1 Å². The van der Waals surface area contributed by atoms with Gasteiger partial charge in [-0.3, -0.25) is 9.59 Å². The van der Waals surface area contributed by atoms with Crippen molar-refractivity contribution in [2.75, 3.05) is 11.5 Å². The molecule has 2 aromatic heterocycles. The number of hydrogen-bond donors (Lipinski definition) is 0. The quantitative estimate of drug-likeness (QED) is 0.323. The zero-order valence-electron chi connectivity index (χ0n) is 19.4. The molecule has 3 aromatic carbocycles. The number of ether oxygens (including phenoxy) is 1. The zero-order chi connectivity index (χ0) is 25.5. The van der Waals surface area contributed by atoms with Crippen molar-refractivity contribution in [3.63, 3.8) is 0 Å². The molecule has 1 aliphatic rings. The van der Waals surface area contributed by atoms with Crippen LogP contribution in [0.1, 0.15) is 11.1 Å². The summed E-state index contributed by atoms with van der Waals surface area (Å²) in [7, 11) is 0. The van der Waals surface area contributed by atoms with E-state index in [1.807, 2.05) is 36.4 Å². The van der Waals surface area contributed by atoms with Crippen LogP contribution >= 0.6 is 11.3 Å². The van der Waals surface area contributed by atoms with Crippen molar-refractivity contribution < 1.29 is 13.9 Å². The zero-order valence-corrected chi connectivity index (χ0v) is 20.2. The smallest absolute Gasteiger partial charge is 0.291 e. The van der Waals surface area contributed by atoms with Gasteiger partial charge in [0.2, 0.25) is 4.96 Å². The van der Waals surface area contributed by atoms with E-state index in [0.29, 0.717) is 40.0 Å². The number of fused-ring (bicyclic) bond motifs is 2. The molecule has 1 aliphatic heterocycles. The molecule has 1 amide bonds. The first-order valence-corrected chi connectivity index (χ1v) is 12.3. The number of carbonyl (C=O) groups is 1. The van der Waals surface area contributed by atoms with Crippen molar-refractivity contribution in [2.24, 2.45) is 0 Å². The summed E-state index contributed by atoms with van der Waals surface area (Å²) in [5.41, 5.74) is 2.82. The molecule has 0 spiro atoms. The Kier molecular flexibility index (Phi) is 5.61. The Labute approximate surface area is 214 Å². The average molecular weight is 511 g/mol. The number of halogens is 1. The van der Waals surface area contributed by atoms with Crippen molar-refractivity contribution >= 4 is 33.5 Å². The molecule has 7 nitrogen and oxygen atoms in total. The van der Waals surface area contributed by atoms with Crippen LogP contribution in [-0.4, -0.2) is 27.1 Å². The highest BCUT2D eigenvalue weighted by atomic mass is 32.1. The molecule has 0 bridgehead atoms. The molecule has 182 valence electrons. The third-order valence-electron chi connectivity index (χ3n) is 6.04. The highest BCUT2D eigenvalue weighted by Gasteiger charge is 2.34. The number of para-hydroxylation sites is 1. The standard InChI is InChI=1S/C28H19FN4O3S/c1-2-15-36-20-13-9-18(10-14-20)25-30-28-33(31-25)27(35)24(37-28)23-21-5-3-4-6-22(21)32(26(23)34)16-17-7-11-19(29)12-8-17/h2-14H,1,15-16H2/b24-23-. The summed E-state index contributed by atoms with van der Waals surface area (Å²) >= 11 is 1.14. The lowest BCUT2D eigenvalue weighted by Gasteiger charge is -2.17. The second kappa shape index (κ2) is 9.11. The van der Waals surface area contributed by atoms with Gasteiger partial charge in [-0.2, -0.15) is 9.50 Å². The van der Waals surface area contributed by atoms with E-state index in [9.17, 15) is 14.0 Å². The molecule has 9 heteroatoms. The molecule has 3 heterocycles. The Bertz CT molecular complexity index is 1780. The highest BCUT2D eigenvalue weighted by Crippen LogP contribution is 2.36. The molecule has 0 fully saturated rings. The van der Waals surface area contributed by atoms with Gasteiger partial charge in [-0.05, 0) is 48.0 Å². The first-order chi connectivity index (χ1) is 18.0. The third-order valence-corrected chi connectivity index (χ3v) is 7.07. The Hall–Kier alpha value is -4.63. The minimum atomic E-state index is -0.397. The molecule has 0 saturated heterocycles. The van der Waals surface area contributed by atoms with E-state index in [0.717, 1.165) is 22.5 Å². The monoisotopic (exact) mass is 510 g/mol. The lowest BCUT2D eigenvalue weighted by Crippen LogP contribution is -2.32. The highest BCUT2D eigenvalue weighted by molar-refractivity contribution is 7.15. The lowest BCUT2D eigenvalue weighted by molar-refractivity contribution is -0.113. The molecule has 0 atom stereocenters. The summed E-state index contributed by atoms with van der Waals surface area (Å²) in [6.45, 7) is 4.29. The van der Waals surface area contributed by atoms with Gasteiger partial charge in [-0.25, -0.2) is 4.39 Å². The molecular formula is C28H19FN4O3S. The fraction of sp³-hybridized carbons (Fsp3) is 0.0714. The van der Waals surface area contributed by atoms with Crippen molar-refractivity contribution in [2.45, 2.75) is 6.54 Å². The largest absolute Gasteiger partial charge is 0.490 e. The number of nitrogens with zero attached hydrogens (tertiary/aromatic N) is 4. The Morgan fingerprint density at radius 2 is 1.76 bits per heavy atom. The van der Waals surface area contributed by atoms with E-state index in [1.165, 1.54) is 16.6 Å². The van der Waals surface area contributed by atoms with E-state index in [1.54, 1.807) is 35.2 Å². The normalized spacial score (nSPS) is 14.3. The van der Waals surface area contributed by atoms with Gasteiger partial charge in [0.05, 0.1) is 17.8 Å². The molecule has 0 aliphatic carbocycles. The van der Waals surface area contributed by atoms with Crippen molar-refractivity contribution in [1.82, 2.24) is 14.6 Å². The minimum absolute atomic E-state index is 0.255. The topological polar surface area (TPSA) is 76.8 Å². The second-order valence-corrected chi connectivity index (χ2v) is 9.38. The first-order valence-electron chi connectivity index (χ1n) is 11.5. The number of anilines is 1. The van der Waals surface area contributed by atoms with Gasteiger partial charge in [-0.1, -0.05) is 54.3 Å². The van der Waals surface area contributed by atoms with Gasteiger partial charge in [0.15, 0.2) is 5.82 Å². The van der Waals surface area contributed by atoms with Crippen LogP contribution in [0.5, 0.6) is 5.75 Å². The number of aromatic nitrogens is 3. The van der Waals surface area contributed by atoms with Gasteiger partial charge >= 0.3 is 0 Å². The maximum atomic E-state index is 13.6. The predicted octanol–water partition coefficient (Wildman–Crippen LogP) is 3.99. The fourth-order valence-electron chi connectivity index (χ4n) is 4.29. The van der Waals surface area contributed by atoms with Crippen molar-refractivity contribution in [3.8, 4) is 17.1 Å². The molecule has 6 rings (SSSR count). The minimum Gasteiger partial charge on any atom is -0.490 e. The number of carbonyl (C=O) groups excluding carboxylic acids is 1. The second-order valence-electron chi connectivity index (χ2n) is 8.40. The van der Waals surface area contributed by atoms with Crippen molar-refractivity contribution in [1.29, 1.82) is 0 Å². The first kappa shape index (κ1) is 22.8. The molecule has 5 aromatic rings. The van der Waals surface area contributed by atoms with Crippen LogP contribution < -0.4 is 19.7 Å². The number of thiazole rings is 1. The Morgan fingerprint density at radius 3 is 2.49 bits per heavy atom. The van der Waals surface area contributed by atoms with Gasteiger partial charge in [0.1, 0.15) is 22.7 Å². The molecule has 37 heavy (non-hydrogen) atoms. The van der Waals surface area contributed by atoms with E-state index >= 15 is 0 Å². The molecule has 0 unspecified atom stereocenters. The fourth-order valence-corrected chi connectivity index (χ4v) is 5.29. The summed E-state index contributed by atoms with van der Waals surface area (Å²) < 4.78 is 20.4. The average Bonchev–Trinajstić information content (AvgIpc) is 3.55. The number of hydrogen-bond acceptors (Lipinski definition) is 6. The maximum Gasteiger partial charge on any atom is 0.291 e. The predicted molar refractivity (Wildman–Crippen MR) is 140 cm³/mol.